The Morgan fingerprint density at radius 2 is 1.75 bits per heavy atom. The van der Waals surface area contributed by atoms with Crippen molar-refractivity contribution in [2.45, 2.75) is 38.7 Å². The molecule has 0 unspecified atom stereocenters. The molecule has 2 fully saturated rings. The summed E-state index contributed by atoms with van der Waals surface area (Å²) in [4.78, 5) is 11.9. The number of esters is 1. The number of hydrogen-bond acceptors (Lipinski definition) is 2. The van der Waals surface area contributed by atoms with E-state index in [1.165, 1.54) is 0 Å². The molecular formula is C14H20O2. The molecule has 0 amide bonds. The van der Waals surface area contributed by atoms with Gasteiger partial charge in [-0.25, -0.2) is 0 Å². The lowest BCUT2D eigenvalue weighted by molar-refractivity contribution is -0.156. The first-order chi connectivity index (χ1) is 7.46. The van der Waals surface area contributed by atoms with E-state index < -0.39 is 0 Å². The van der Waals surface area contributed by atoms with E-state index in [9.17, 15) is 4.79 Å². The number of carbonyl (C=O) groups is 1. The first-order valence-corrected chi connectivity index (χ1v) is 5.95. The molecule has 88 valence electrons. The first-order valence-electron chi connectivity index (χ1n) is 5.95. The molecule has 2 atom stereocenters. The molecule has 1 heterocycles. The molecule has 2 rings (SSSR count). The van der Waals surface area contributed by atoms with Gasteiger partial charge in [0, 0.05) is 18.3 Å². The van der Waals surface area contributed by atoms with E-state index in [1.807, 2.05) is 26.0 Å². The summed E-state index contributed by atoms with van der Waals surface area (Å²) in [7, 11) is 0. The third-order valence-electron chi connectivity index (χ3n) is 4.17. The molecule has 0 aromatic carbocycles. The molecule has 0 bridgehead atoms. The molecule has 16 heavy (non-hydrogen) atoms. The van der Waals surface area contributed by atoms with Gasteiger partial charge in [-0.2, -0.15) is 0 Å². The molecule has 1 aliphatic heterocycles. The largest absolute Gasteiger partial charge is 0.457 e. The van der Waals surface area contributed by atoms with Crippen LogP contribution < -0.4 is 0 Å². The predicted molar refractivity (Wildman–Crippen MR) is 63.8 cm³/mol. The molecule has 2 nitrogen and oxygen atoms in total. The molecule has 2 heteroatoms. The zero-order valence-electron chi connectivity index (χ0n) is 10.2. The van der Waals surface area contributed by atoms with Crippen LogP contribution in [0.1, 0.15) is 33.1 Å². The van der Waals surface area contributed by atoms with Crippen LogP contribution in [0.2, 0.25) is 0 Å². The summed E-state index contributed by atoms with van der Waals surface area (Å²) in [6, 6.07) is 0. The number of carbonyl (C=O) groups excluding carboxylic acids is 1. The van der Waals surface area contributed by atoms with Crippen LogP contribution in [0.5, 0.6) is 0 Å². The van der Waals surface area contributed by atoms with Crippen molar-refractivity contribution in [1.82, 2.24) is 0 Å². The number of rotatable bonds is 2. The third-order valence-corrected chi connectivity index (χ3v) is 4.17. The molecule has 1 spiro atoms. The SMILES string of the molecule is C=C[C@H]1CC[C@H](C=C)C12CC(C)(C)C(=O)O2. The second-order valence-corrected chi connectivity index (χ2v) is 5.67. The Bertz CT molecular complexity index is 325. The average molecular weight is 220 g/mol. The maximum absolute atomic E-state index is 11.9. The lowest BCUT2D eigenvalue weighted by Gasteiger charge is -2.32. The summed E-state index contributed by atoms with van der Waals surface area (Å²) in [5.74, 6) is 0.482. The fourth-order valence-corrected chi connectivity index (χ4v) is 3.28. The van der Waals surface area contributed by atoms with Crippen LogP contribution in [-0.4, -0.2) is 11.6 Å². The monoisotopic (exact) mass is 220 g/mol. The summed E-state index contributed by atoms with van der Waals surface area (Å²) in [5.41, 5.74) is -0.725. The highest BCUT2D eigenvalue weighted by atomic mass is 16.6. The minimum absolute atomic E-state index is 0.0758. The van der Waals surface area contributed by atoms with Gasteiger partial charge in [-0.1, -0.05) is 12.2 Å². The maximum Gasteiger partial charge on any atom is 0.312 e. The van der Waals surface area contributed by atoms with Gasteiger partial charge >= 0.3 is 5.97 Å². The average Bonchev–Trinajstić information content (AvgIpc) is 2.65. The van der Waals surface area contributed by atoms with Gasteiger partial charge in [0.1, 0.15) is 5.60 Å². The van der Waals surface area contributed by atoms with Crippen molar-refractivity contribution in [1.29, 1.82) is 0 Å². The molecule has 2 aliphatic rings. The third kappa shape index (κ3) is 1.35. The number of hydrogen-bond donors (Lipinski definition) is 0. The molecular weight excluding hydrogens is 200 g/mol. The van der Waals surface area contributed by atoms with E-state index in [-0.39, 0.29) is 28.8 Å². The zero-order chi connectivity index (χ0) is 12.0. The Kier molecular flexibility index (Phi) is 2.48. The molecule has 1 aliphatic carbocycles. The van der Waals surface area contributed by atoms with Gasteiger partial charge < -0.3 is 4.74 Å². The fourth-order valence-electron chi connectivity index (χ4n) is 3.28. The highest BCUT2D eigenvalue weighted by Gasteiger charge is 2.60. The smallest absolute Gasteiger partial charge is 0.312 e. The summed E-state index contributed by atoms with van der Waals surface area (Å²) in [5, 5.41) is 0. The highest BCUT2D eigenvalue weighted by molar-refractivity contribution is 5.79. The molecule has 0 N–H and O–H groups in total. The summed E-state index contributed by atoms with van der Waals surface area (Å²) in [6.07, 6.45) is 6.76. The van der Waals surface area contributed by atoms with Crippen molar-refractivity contribution in [3.05, 3.63) is 25.3 Å². The van der Waals surface area contributed by atoms with E-state index in [0.29, 0.717) is 0 Å². The lowest BCUT2D eigenvalue weighted by atomic mass is 9.75. The minimum atomic E-state index is -0.368. The fraction of sp³-hybridized carbons (Fsp3) is 0.643. The first kappa shape index (κ1) is 11.4. The number of ether oxygens (including phenoxy) is 1. The van der Waals surface area contributed by atoms with Crippen molar-refractivity contribution in [3.8, 4) is 0 Å². The van der Waals surface area contributed by atoms with Crippen LogP contribution in [0.15, 0.2) is 25.3 Å². The van der Waals surface area contributed by atoms with Gasteiger partial charge in [0.15, 0.2) is 0 Å². The van der Waals surface area contributed by atoms with E-state index in [4.69, 9.17) is 4.74 Å². The molecule has 0 aromatic heterocycles. The van der Waals surface area contributed by atoms with Gasteiger partial charge in [-0.15, -0.1) is 13.2 Å². The second kappa shape index (κ2) is 3.47. The van der Waals surface area contributed by atoms with Gasteiger partial charge in [-0.05, 0) is 26.7 Å². The second-order valence-electron chi connectivity index (χ2n) is 5.67. The van der Waals surface area contributed by atoms with Crippen molar-refractivity contribution < 1.29 is 9.53 Å². The Morgan fingerprint density at radius 1 is 1.25 bits per heavy atom. The standard InChI is InChI=1S/C14H20O2/c1-5-10-7-8-11(6-2)14(10)9-13(3,4)12(15)16-14/h5-6,10-11H,1-2,7-9H2,3-4H3/t10-,11-/m0/s1. The van der Waals surface area contributed by atoms with Crippen molar-refractivity contribution in [2.24, 2.45) is 17.3 Å². The van der Waals surface area contributed by atoms with E-state index in [2.05, 4.69) is 13.2 Å². The molecule has 1 saturated heterocycles. The van der Waals surface area contributed by atoms with Crippen LogP contribution in [-0.2, 0) is 9.53 Å². The zero-order valence-corrected chi connectivity index (χ0v) is 10.2. The van der Waals surface area contributed by atoms with Gasteiger partial charge in [0.05, 0.1) is 5.41 Å². The Morgan fingerprint density at radius 3 is 2.06 bits per heavy atom. The van der Waals surface area contributed by atoms with Crippen LogP contribution >= 0.6 is 0 Å². The quantitative estimate of drug-likeness (QED) is 0.528. The lowest BCUT2D eigenvalue weighted by Crippen LogP contribution is -2.38. The summed E-state index contributed by atoms with van der Waals surface area (Å²) >= 11 is 0. The normalized spacial score (nSPS) is 35.0. The predicted octanol–water partition coefficient (Wildman–Crippen LogP) is 3.10. The minimum Gasteiger partial charge on any atom is -0.457 e. The Balaban J connectivity index is 2.38. The topological polar surface area (TPSA) is 26.3 Å². The van der Waals surface area contributed by atoms with Crippen molar-refractivity contribution >= 4 is 5.97 Å². The Labute approximate surface area is 97.4 Å². The van der Waals surface area contributed by atoms with Crippen molar-refractivity contribution in [2.75, 3.05) is 0 Å². The summed E-state index contributed by atoms with van der Waals surface area (Å²) < 4.78 is 5.75. The van der Waals surface area contributed by atoms with Crippen molar-refractivity contribution in [3.63, 3.8) is 0 Å². The Hall–Kier alpha value is -1.05. The van der Waals surface area contributed by atoms with Crippen LogP contribution in [0, 0.1) is 17.3 Å². The highest BCUT2D eigenvalue weighted by Crippen LogP contribution is 2.55. The van der Waals surface area contributed by atoms with E-state index in [0.717, 1.165) is 19.3 Å². The van der Waals surface area contributed by atoms with Gasteiger partial charge in [0.2, 0.25) is 0 Å². The van der Waals surface area contributed by atoms with Crippen LogP contribution in [0.4, 0.5) is 0 Å². The van der Waals surface area contributed by atoms with Gasteiger partial charge in [0.25, 0.3) is 0 Å². The molecule has 0 radical (unpaired) electrons. The van der Waals surface area contributed by atoms with E-state index >= 15 is 0 Å². The van der Waals surface area contributed by atoms with E-state index in [1.54, 1.807) is 0 Å². The van der Waals surface area contributed by atoms with Gasteiger partial charge in [-0.3, -0.25) is 4.79 Å². The maximum atomic E-state index is 11.9. The molecule has 0 aromatic rings. The van der Waals surface area contributed by atoms with Crippen LogP contribution in [0.25, 0.3) is 0 Å². The van der Waals surface area contributed by atoms with Crippen LogP contribution in [0.3, 0.4) is 0 Å². The molecule has 1 saturated carbocycles. The summed E-state index contributed by atoms with van der Waals surface area (Å²) in [6.45, 7) is 11.7.